The number of likely N-dealkylation sites (N-methyl/N-ethyl adjacent to an activating group) is 1. The van der Waals surface area contributed by atoms with E-state index in [1.165, 1.54) is 25.3 Å². The first kappa shape index (κ1) is 16.6. The van der Waals surface area contributed by atoms with Crippen LogP contribution in [0.4, 0.5) is 4.39 Å². The fraction of sp³-hybridized carbons (Fsp3) is 0.533. The van der Waals surface area contributed by atoms with Crippen LogP contribution in [0.25, 0.3) is 0 Å². The molecule has 0 unspecified atom stereocenters. The summed E-state index contributed by atoms with van der Waals surface area (Å²) in [5, 5.41) is 0. The van der Waals surface area contributed by atoms with Crippen LogP contribution in [-0.4, -0.2) is 50.6 Å². The Balaban J connectivity index is 2.59. The highest BCUT2D eigenvalue weighted by atomic mass is 19.1. The van der Waals surface area contributed by atoms with E-state index in [0.717, 1.165) is 0 Å². The Morgan fingerprint density at radius 3 is 2.70 bits per heavy atom. The summed E-state index contributed by atoms with van der Waals surface area (Å²) < 4.78 is 23.7. The molecule has 0 aliphatic carbocycles. The van der Waals surface area contributed by atoms with Gasteiger partial charge >= 0.3 is 0 Å². The van der Waals surface area contributed by atoms with Gasteiger partial charge in [-0.05, 0) is 39.1 Å². The van der Waals surface area contributed by atoms with Crippen molar-refractivity contribution < 1.29 is 18.7 Å². The molecule has 5 heteroatoms. The molecule has 1 aromatic rings. The van der Waals surface area contributed by atoms with Crippen molar-refractivity contribution in [3.8, 4) is 5.75 Å². The lowest BCUT2D eigenvalue weighted by atomic mass is 10.1. The molecule has 0 spiro atoms. The molecule has 0 N–H and O–H groups in total. The molecule has 0 aliphatic rings. The number of halogens is 1. The van der Waals surface area contributed by atoms with Crippen molar-refractivity contribution in [2.45, 2.75) is 20.0 Å². The van der Waals surface area contributed by atoms with E-state index in [1.54, 1.807) is 0 Å². The van der Waals surface area contributed by atoms with Crippen LogP contribution >= 0.6 is 0 Å². The van der Waals surface area contributed by atoms with Gasteiger partial charge in [0, 0.05) is 6.54 Å². The van der Waals surface area contributed by atoms with Crippen LogP contribution in [0.15, 0.2) is 18.2 Å². The van der Waals surface area contributed by atoms with E-state index >= 15 is 0 Å². The van der Waals surface area contributed by atoms with Gasteiger partial charge in [0.15, 0.2) is 5.78 Å². The number of hydrogen-bond acceptors (Lipinski definition) is 4. The molecule has 0 aromatic heterocycles. The smallest absolute Gasteiger partial charge is 0.180 e. The third-order valence-corrected chi connectivity index (χ3v) is 2.80. The third kappa shape index (κ3) is 5.27. The van der Waals surface area contributed by atoms with Gasteiger partial charge in [0.2, 0.25) is 0 Å². The van der Waals surface area contributed by atoms with E-state index in [2.05, 4.69) is 0 Å². The second-order valence-electron chi connectivity index (χ2n) is 4.93. The standard InChI is InChI=1S/C15H22FNO3/c1-11(2)20-8-7-17(3)10-14(18)13-9-12(16)5-6-15(13)19-4/h5-6,9,11H,7-8,10H2,1-4H3. The molecule has 20 heavy (non-hydrogen) atoms. The fourth-order valence-corrected chi connectivity index (χ4v) is 1.75. The lowest BCUT2D eigenvalue weighted by Crippen LogP contribution is -2.30. The first-order valence-corrected chi connectivity index (χ1v) is 6.61. The number of hydrogen-bond donors (Lipinski definition) is 0. The number of carbonyl (C=O) groups is 1. The van der Waals surface area contributed by atoms with E-state index in [-0.39, 0.29) is 24.0 Å². The summed E-state index contributed by atoms with van der Waals surface area (Å²) in [5.41, 5.74) is 0.268. The summed E-state index contributed by atoms with van der Waals surface area (Å²) in [6, 6.07) is 3.94. The second-order valence-corrected chi connectivity index (χ2v) is 4.93. The molecule has 0 fully saturated rings. The van der Waals surface area contributed by atoms with Crippen molar-refractivity contribution in [2.75, 3.05) is 33.9 Å². The zero-order valence-corrected chi connectivity index (χ0v) is 12.5. The van der Waals surface area contributed by atoms with Gasteiger partial charge in [0.05, 0.1) is 31.9 Å². The van der Waals surface area contributed by atoms with E-state index in [0.29, 0.717) is 18.9 Å². The van der Waals surface area contributed by atoms with Gasteiger partial charge in [-0.1, -0.05) is 0 Å². The lowest BCUT2D eigenvalue weighted by molar-refractivity contribution is 0.0619. The second kappa shape index (κ2) is 7.97. The molecular formula is C15H22FNO3. The molecule has 0 saturated carbocycles. The fourth-order valence-electron chi connectivity index (χ4n) is 1.75. The molecule has 0 bridgehead atoms. The molecule has 0 aliphatic heterocycles. The van der Waals surface area contributed by atoms with Gasteiger partial charge in [-0.25, -0.2) is 4.39 Å². The number of ether oxygens (including phenoxy) is 2. The molecular weight excluding hydrogens is 261 g/mol. The Hall–Kier alpha value is -1.46. The minimum Gasteiger partial charge on any atom is -0.496 e. The van der Waals surface area contributed by atoms with E-state index in [1.807, 2.05) is 25.8 Å². The van der Waals surface area contributed by atoms with Crippen LogP contribution in [0, 0.1) is 5.82 Å². The summed E-state index contributed by atoms with van der Waals surface area (Å²) >= 11 is 0. The molecule has 0 saturated heterocycles. The molecule has 1 aromatic carbocycles. The zero-order valence-electron chi connectivity index (χ0n) is 12.5. The van der Waals surface area contributed by atoms with Crippen LogP contribution in [0.2, 0.25) is 0 Å². The summed E-state index contributed by atoms with van der Waals surface area (Å²) in [6.45, 7) is 5.32. The van der Waals surface area contributed by atoms with Gasteiger partial charge in [-0.3, -0.25) is 9.69 Å². The monoisotopic (exact) mass is 283 g/mol. The number of carbonyl (C=O) groups excluding carboxylic acids is 1. The van der Waals surface area contributed by atoms with E-state index in [9.17, 15) is 9.18 Å². The Labute approximate surface area is 119 Å². The number of nitrogens with zero attached hydrogens (tertiary/aromatic N) is 1. The Morgan fingerprint density at radius 1 is 1.40 bits per heavy atom. The van der Waals surface area contributed by atoms with Crippen molar-refractivity contribution in [3.05, 3.63) is 29.6 Å². The van der Waals surface area contributed by atoms with Gasteiger partial charge in [-0.15, -0.1) is 0 Å². The first-order valence-electron chi connectivity index (χ1n) is 6.61. The highest BCUT2D eigenvalue weighted by Crippen LogP contribution is 2.20. The van der Waals surface area contributed by atoms with Crippen molar-refractivity contribution in [3.63, 3.8) is 0 Å². The number of ketones is 1. The molecule has 0 radical (unpaired) electrons. The average Bonchev–Trinajstić information content (AvgIpc) is 2.38. The Morgan fingerprint density at radius 2 is 2.10 bits per heavy atom. The summed E-state index contributed by atoms with van der Waals surface area (Å²) in [6.07, 6.45) is 0.169. The topological polar surface area (TPSA) is 38.8 Å². The predicted molar refractivity (Wildman–Crippen MR) is 75.9 cm³/mol. The Bertz CT molecular complexity index is 449. The molecule has 0 atom stereocenters. The summed E-state index contributed by atoms with van der Waals surface area (Å²) in [7, 11) is 3.29. The minimum absolute atomic E-state index is 0.169. The van der Waals surface area contributed by atoms with Crippen molar-refractivity contribution in [1.29, 1.82) is 0 Å². The molecule has 112 valence electrons. The molecule has 0 amide bonds. The zero-order chi connectivity index (χ0) is 15.1. The van der Waals surface area contributed by atoms with Crippen LogP contribution in [-0.2, 0) is 4.74 Å². The van der Waals surface area contributed by atoms with Gasteiger partial charge < -0.3 is 9.47 Å². The third-order valence-electron chi connectivity index (χ3n) is 2.80. The van der Waals surface area contributed by atoms with Crippen molar-refractivity contribution >= 4 is 5.78 Å². The largest absolute Gasteiger partial charge is 0.496 e. The van der Waals surface area contributed by atoms with Crippen LogP contribution in [0.1, 0.15) is 24.2 Å². The molecule has 4 nitrogen and oxygen atoms in total. The lowest BCUT2D eigenvalue weighted by Gasteiger charge is -2.17. The predicted octanol–water partition coefficient (Wildman–Crippen LogP) is 2.37. The highest BCUT2D eigenvalue weighted by Gasteiger charge is 2.15. The van der Waals surface area contributed by atoms with Crippen LogP contribution < -0.4 is 4.74 Å². The van der Waals surface area contributed by atoms with E-state index < -0.39 is 5.82 Å². The van der Waals surface area contributed by atoms with Gasteiger partial charge in [-0.2, -0.15) is 0 Å². The number of methoxy groups -OCH3 is 1. The van der Waals surface area contributed by atoms with Crippen molar-refractivity contribution in [2.24, 2.45) is 0 Å². The van der Waals surface area contributed by atoms with Crippen LogP contribution in [0.3, 0.4) is 0 Å². The van der Waals surface area contributed by atoms with Gasteiger partial charge in [0.1, 0.15) is 11.6 Å². The average molecular weight is 283 g/mol. The molecule has 0 heterocycles. The maximum atomic E-state index is 13.2. The SMILES string of the molecule is COc1ccc(F)cc1C(=O)CN(C)CCOC(C)C. The maximum absolute atomic E-state index is 13.2. The van der Waals surface area contributed by atoms with Gasteiger partial charge in [0.25, 0.3) is 0 Å². The number of Topliss-reactive ketones (excluding diaryl/α,β-unsaturated/α-hetero) is 1. The van der Waals surface area contributed by atoms with E-state index in [4.69, 9.17) is 9.47 Å². The Kier molecular flexibility index (Phi) is 6.61. The normalized spacial score (nSPS) is 11.2. The summed E-state index contributed by atoms with van der Waals surface area (Å²) in [5.74, 6) is -0.225. The summed E-state index contributed by atoms with van der Waals surface area (Å²) in [4.78, 5) is 14.0. The number of benzene rings is 1. The first-order chi connectivity index (χ1) is 9.43. The maximum Gasteiger partial charge on any atom is 0.180 e. The molecule has 1 rings (SSSR count). The van der Waals surface area contributed by atoms with Crippen LogP contribution in [0.5, 0.6) is 5.75 Å². The minimum atomic E-state index is -0.444. The number of rotatable bonds is 8. The quantitative estimate of drug-likeness (QED) is 0.687. The van der Waals surface area contributed by atoms with Crippen molar-refractivity contribution in [1.82, 2.24) is 4.90 Å². The highest BCUT2D eigenvalue weighted by molar-refractivity contribution is 6.00.